The molecule has 0 bridgehead atoms. The van der Waals surface area contributed by atoms with Crippen molar-refractivity contribution in [1.82, 2.24) is 0 Å². The Morgan fingerprint density at radius 1 is 1.42 bits per heavy atom. The molecule has 1 aliphatic heterocycles. The summed E-state index contributed by atoms with van der Waals surface area (Å²) in [6.45, 7) is 6.04. The SMILES string of the molecule is CCOc1cc(N)cc(N2CC(C)OC(CO)C2)c1. The van der Waals surface area contributed by atoms with Crippen molar-refractivity contribution >= 4 is 11.4 Å². The summed E-state index contributed by atoms with van der Waals surface area (Å²) < 4.78 is 11.2. The Kier molecular flexibility index (Phi) is 4.50. The largest absolute Gasteiger partial charge is 0.494 e. The zero-order valence-electron chi connectivity index (χ0n) is 11.5. The van der Waals surface area contributed by atoms with Crippen molar-refractivity contribution in [3.05, 3.63) is 18.2 Å². The third kappa shape index (κ3) is 3.52. The zero-order chi connectivity index (χ0) is 13.8. The van der Waals surface area contributed by atoms with Crippen molar-refractivity contribution in [1.29, 1.82) is 0 Å². The molecule has 5 heteroatoms. The van der Waals surface area contributed by atoms with Crippen LogP contribution in [0.15, 0.2) is 18.2 Å². The molecule has 0 amide bonds. The van der Waals surface area contributed by atoms with E-state index in [1.165, 1.54) is 0 Å². The Labute approximate surface area is 113 Å². The van der Waals surface area contributed by atoms with Gasteiger partial charge in [-0.2, -0.15) is 0 Å². The van der Waals surface area contributed by atoms with Gasteiger partial charge in [-0.15, -0.1) is 0 Å². The minimum atomic E-state index is -0.152. The highest BCUT2D eigenvalue weighted by Crippen LogP contribution is 2.28. The monoisotopic (exact) mass is 266 g/mol. The van der Waals surface area contributed by atoms with Gasteiger partial charge in [0.25, 0.3) is 0 Å². The van der Waals surface area contributed by atoms with Crippen LogP contribution in [0.5, 0.6) is 5.75 Å². The van der Waals surface area contributed by atoms with Crippen LogP contribution >= 0.6 is 0 Å². The van der Waals surface area contributed by atoms with Gasteiger partial charge in [0.15, 0.2) is 0 Å². The number of rotatable bonds is 4. The standard InChI is InChI=1S/C14H22N2O3/c1-3-18-13-5-11(15)4-12(6-13)16-7-10(2)19-14(8-16)9-17/h4-6,10,14,17H,3,7-9,15H2,1-2H3. The van der Waals surface area contributed by atoms with Crippen LogP contribution in [0.25, 0.3) is 0 Å². The third-order valence-corrected chi connectivity index (χ3v) is 3.12. The van der Waals surface area contributed by atoms with Crippen molar-refractivity contribution in [3.63, 3.8) is 0 Å². The topological polar surface area (TPSA) is 68.0 Å². The van der Waals surface area contributed by atoms with Crippen molar-refractivity contribution in [2.24, 2.45) is 0 Å². The zero-order valence-corrected chi connectivity index (χ0v) is 11.5. The predicted molar refractivity (Wildman–Crippen MR) is 75.7 cm³/mol. The third-order valence-electron chi connectivity index (χ3n) is 3.12. The highest BCUT2D eigenvalue weighted by atomic mass is 16.5. The van der Waals surface area contributed by atoms with Crippen LogP contribution < -0.4 is 15.4 Å². The molecule has 1 heterocycles. The molecule has 2 unspecified atom stereocenters. The molecule has 0 radical (unpaired) electrons. The fourth-order valence-electron chi connectivity index (χ4n) is 2.40. The minimum absolute atomic E-state index is 0.0292. The Balaban J connectivity index is 2.20. The maximum Gasteiger partial charge on any atom is 0.123 e. The van der Waals surface area contributed by atoms with Crippen LogP contribution in [0.3, 0.4) is 0 Å². The van der Waals surface area contributed by atoms with E-state index < -0.39 is 0 Å². The number of nitrogen functional groups attached to an aromatic ring is 1. The van der Waals surface area contributed by atoms with Crippen LogP contribution in [0, 0.1) is 0 Å². The first kappa shape index (κ1) is 14.0. The molecule has 106 valence electrons. The van der Waals surface area contributed by atoms with Crippen molar-refractivity contribution < 1.29 is 14.6 Å². The number of nitrogens with two attached hydrogens (primary N) is 1. The molecular formula is C14H22N2O3. The lowest BCUT2D eigenvalue weighted by atomic mass is 10.1. The first-order valence-corrected chi connectivity index (χ1v) is 6.67. The van der Waals surface area contributed by atoms with E-state index in [1.807, 2.05) is 32.0 Å². The van der Waals surface area contributed by atoms with Crippen LogP contribution in [0.4, 0.5) is 11.4 Å². The maximum absolute atomic E-state index is 9.27. The van der Waals surface area contributed by atoms with E-state index in [4.69, 9.17) is 15.2 Å². The van der Waals surface area contributed by atoms with Gasteiger partial charge in [-0.3, -0.25) is 0 Å². The number of hydrogen-bond donors (Lipinski definition) is 2. The first-order chi connectivity index (χ1) is 9.12. The van der Waals surface area contributed by atoms with Crippen LogP contribution in [-0.2, 0) is 4.74 Å². The summed E-state index contributed by atoms with van der Waals surface area (Å²) >= 11 is 0. The summed E-state index contributed by atoms with van der Waals surface area (Å²) in [6.07, 6.45) is -0.0661. The highest BCUT2D eigenvalue weighted by molar-refractivity contribution is 5.61. The van der Waals surface area contributed by atoms with E-state index in [1.54, 1.807) is 0 Å². The molecule has 1 aromatic carbocycles. The minimum Gasteiger partial charge on any atom is -0.494 e. The predicted octanol–water partition coefficient (Wildman–Crippen LogP) is 1.25. The molecule has 5 nitrogen and oxygen atoms in total. The molecule has 0 aliphatic carbocycles. The van der Waals surface area contributed by atoms with Crippen molar-refractivity contribution in [3.8, 4) is 5.75 Å². The Hall–Kier alpha value is -1.46. The lowest BCUT2D eigenvalue weighted by Crippen LogP contribution is -2.48. The number of nitrogens with zero attached hydrogens (tertiary/aromatic N) is 1. The number of morpholine rings is 1. The second-order valence-corrected chi connectivity index (χ2v) is 4.85. The molecular weight excluding hydrogens is 244 g/mol. The molecule has 0 spiro atoms. The molecule has 0 saturated carbocycles. The number of anilines is 2. The van der Waals surface area contributed by atoms with E-state index in [-0.39, 0.29) is 18.8 Å². The van der Waals surface area contributed by atoms with Gasteiger partial charge in [-0.05, 0) is 19.9 Å². The molecule has 1 fully saturated rings. The highest BCUT2D eigenvalue weighted by Gasteiger charge is 2.25. The Bertz CT molecular complexity index is 425. The van der Waals surface area contributed by atoms with Crippen molar-refractivity contribution in [2.75, 3.05) is 36.9 Å². The van der Waals surface area contributed by atoms with Gasteiger partial charge in [-0.1, -0.05) is 0 Å². The number of benzene rings is 1. The van der Waals surface area contributed by atoms with Gasteiger partial charge in [0.2, 0.25) is 0 Å². The van der Waals surface area contributed by atoms with Gasteiger partial charge in [0, 0.05) is 36.6 Å². The van der Waals surface area contributed by atoms with Gasteiger partial charge in [-0.25, -0.2) is 0 Å². The molecule has 1 aliphatic rings. The molecule has 2 rings (SSSR count). The lowest BCUT2D eigenvalue weighted by Gasteiger charge is -2.37. The quantitative estimate of drug-likeness (QED) is 0.803. The summed E-state index contributed by atoms with van der Waals surface area (Å²) in [5, 5.41) is 9.27. The summed E-state index contributed by atoms with van der Waals surface area (Å²) in [7, 11) is 0. The van der Waals surface area contributed by atoms with Crippen LogP contribution in [0.1, 0.15) is 13.8 Å². The second kappa shape index (κ2) is 6.12. The molecule has 19 heavy (non-hydrogen) atoms. The average Bonchev–Trinajstić information content (AvgIpc) is 2.37. The van der Waals surface area contributed by atoms with Crippen molar-refractivity contribution in [2.45, 2.75) is 26.1 Å². The number of aliphatic hydroxyl groups is 1. The fourth-order valence-corrected chi connectivity index (χ4v) is 2.40. The smallest absolute Gasteiger partial charge is 0.123 e. The van der Waals surface area contributed by atoms with E-state index in [9.17, 15) is 5.11 Å². The van der Waals surface area contributed by atoms with Gasteiger partial charge >= 0.3 is 0 Å². The summed E-state index contributed by atoms with van der Waals surface area (Å²) in [5.41, 5.74) is 7.60. The summed E-state index contributed by atoms with van der Waals surface area (Å²) in [5.74, 6) is 0.775. The maximum atomic E-state index is 9.27. The number of hydrogen-bond acceptors (Lipinski definition) is 5. The van der Waals surface area contributed by atoms with Gasteiger partial charge < -0.3 is 25.2 Å². The van der Waals surface area contributed by atoms with Crippen LogP contribution in [0.2, 0.25) is 0 Å². The van der Waals surface area contributed by atoms with E-state index in [2.05, 4.69) is 4.90 Å². The van der Waals surface area contributed by atoms with E-state index >= 15 is 0 Å². The first-order valence-electron chi connectivity index (χ1n) is 6.67. The summed E-state index contributed by atoms with van der Waals surface area (Å²) in [4.78, 5) is 2.17. The van der Waals surface area contributed by atoms with E-state index in [0.29, 0.717) is 18.8 Å². The molecule has 1 saturated heterocycles. The normalized spacial score (nSPS) is 23.4. The van der Waals surface area contributed by atoms with Gasteiger partial charge in [0.1, 0.15) is 5.75 Å². The number of ether oxygens (including phenoxy) is 2. The van der Waals surface area contributed by atoms with Crippen LogP contribution in [-0.4, -0.2) is 43.6 Å². The molecule has 3 N–H and O–H groups in total. The summed E-state index contributed by atoms with van der Waals surface area (Å²) in [6, 6.07) is 5.72. The Morgan fingerprint density at radius 3 is 2.89 bits per heavy atom. The lowest BCUT2D eigenvalue weighted by molar-refractivity contribution is -0.0421. The van der Waals surface area contributed by atoms with Gasteiger partial charge in [0.05, 0.1) is 25.4 Å². The molecule has 1 aromatic rings. The average molecular weight is 266 g/mol. The molecule has 0 aromatic heterocycles. The fraction of sp³-hybridized carbons (Fsp3) is 0.571. The second-order valence-electron chi connectivity index (χ2n) is 4.85. The number of aliphatic hydroxyl groups excluding tert-OH is 1. The Morgan fingerprint density at radius 2 is 2.21 bits per heavy atom. The molecule has 2 atom stereocenters. The van der Waals surface area contributed by atoms with E-state index in [0.717, 1.165) is 18.0 Å².